The summed E-state index contributed by atoms with van der Waals surface area (Å²) in [5.41, 5.74) is 0. The Kier molecular flexibility index (Phi) is 4.35. The SMILES string of the molecule is COc1nc(NCC2CN3CCCC3CO2)nc(OC)n1. The van der Waals surface area contributed by atoms with E-state index in [0.29, 0.717) is 18.5 Å². The summed E-state index contributed by atoms with van der Waals surface area (Å²) >= 11 is 0. The molecule has 3 rings (SSSR count). The van der Waals surface area contributed by atoms with Gasteiger partial charge in [0.2, 0.25) is 5.95 Å². The minimum absolute atomic E-state index is 0.146. The van der Waals surface area contributed by atoms with E-state index in [2.05, 4.69) is 25.2 Å². The summed E-state index contributed by atoms with van der Waals surface area (Å²) in [5.74, 6) is 0.436. The van der Waals surface area contributed by atoms with Crippen molar-refractivity contribution in [3.63, 3.8) is 0 Å². The number of hydrogen-bond donors (Lipinski definition) is 1. The molecule has 21 heavy (non-hydrogen) atoms. The second kappa shape index (κ2) is 6.40. The highest BCUT2D eigenvalue weighted by atomic mass is 16.5. The summed E-state index contributed by atoms with van der Waals surface area (Å²) in [6.45, 7) is 3.60. The molecule has 0 bridgehead atoms. The molecule has 3 heterocycles. The van der Waals surface area contributed by atoms with Crippen molar-refractivity contribution < 1.29 is 14.2 Å². The standard InChI is InChI=1S/C13H21N5O3/c1-19-12-15-11(16-13(17-12)20-2)14-6-10-7-18-5-3-4-9(18)8-21-10/h9-10H,3-8H2,1-2H3,(H,14,15,16,17). The Labute approximate surface area is 123 Å². The fraction of sp³-hybridized carbons (Fsp3) is 0.769. The van der Waals surface area contributed by atoms with Crippen molar-refractivity contribution in [3.05, 3.63) is 0 Å². The fourth-order valence-corrected chi connectivity index (χ4v) is 2.81. The quantitative estimate of drug-likeness (QED) is 0.823. The van der Waals surface area contributed by atoms with Crippen LogP contribution in [0.4, 0.5) is 5.95 Å². The summed E-state index contributed by atoms with van der Waals surface area (Å²) < 4.78 is 15.9. The molecule has 0 aromatic carbocycles. The van der Waals surface area contributed by atoms with Crippen LogP contribution in [-0.2, 0) is 4.74 Å². The topological polar surface area (TPSA) is 81.6 Å². The van der Waals surface area contributed by atoms with E-state index in [0.717, 1.165) is 13.2 Å². The van der Waals surface area contributed by atoms with Gasteiger partial charge >= 0.3 is 12.0 Å². The molecule has 0 aliphatic carbocycles. The smallest absolute Gasteiger partial charge is 0.324 e. The van der Waals surface area contributed by atoms with Gasteiger partial charge in [-0.2, -0.15) is 9.97 Å². The van der Waals surface area contributed by atoms with Gasteiger partial charge in [0.25, 0.3) is 0 Å². The molecule has 0 radical (unpaired) electrons. The van der Waals surface area contributed by atoms with Gasteiger partial charge in [0.15, 0.2) is 0 Å². The van der Waals surface area contributed by atoms with Crippen LogP contribution >= 0.6 is 0 Å². The number of nitrogens with zero attached hydrogens (tertiary/aromatic N) is 4. The van der Waals surface area contributed by atoms with Crippen molar-refractivity contribution in [1.82, 2.24) is 19.9 Å². The molecular formula is C13H21N5O3. The molecule has 8 heteroatoms. The van der Waals surface area contributed by atoms with E-state index >= 15 is 0 Å². The lowest BCUT2D eigenvalue weighted by Gasteiger charge is -2.35. The number of hydrogen-bond acceptors (Lipinski definition) is 8. The molecule has 0 saturated carbocycles. The van der Waals surface area contributed by atoms with E-state index in [4.69, 9.17) is 14.2 Å². The van der Waals surface area contributed by atoms with Gasteiger partial charge in [-0.15, -0.1) is 4.98 Å². The van der Waals surface area contributed by atoms with Crippen LogP contribution in [0.5, 0.6) is 12.0 Å². The lowest BCUT2D eigenvalue weighted by Crippen LogP contribution is -2.48. The van der Waals surface area contributed by atoms with Crippen LogP contribution in [0.3, 0.4) is 0 Å². The molecule has 2 unspecified atom stereocenters. The molecule has 1 aromatic heterocycles. The lowest BCUT2D eigenvalue weighted by molar-refractivity contribution is -0.0416. The number of aromatic nitrogens is 3. The third kappa shape index (κ3) is 3.33. The van der Waals surface area contributed by atoms with E-state index in [1.807, 2.05) is 0 Å². The van der Waals surface area contributed by atoms with Crippen molar-refractivity contribution in [1.29, 1.82) is 0 Å². The van der Waals surface area contributed by atoms with Gasteiger partial charge < -0.3 is 19.5 Å². The zero-order valence-electron chi connectivity index (χ0n) is 12.4. The van der Waals surface area contributed by atoms with Crippen LogP contribution in [-0.4, -0.2) is 72.5 Å². The van der Waals surface area contributed by atoms with Gasteiger partial charge in [0, 0.05) is 19.1 Å². The molecule has 1 N–H and O–H groups in total. The maximum Gasteiger partial charge on any atom is 0.324 e. The molecule has 1 aromatic rings. The number of ether oxygens (including phenoxy) is 3. The Morgan fingerprint density at radius 2 is 2.00 bits per heavy atom. The largest absolute Gasteiger partial charge is 0.467 e. The van der Waals surface area contributed by atoms with E-state index in [1.54, 1.807) is 0 Å². The maximum atomic E-state index is 5.89. The first kappa shape index (κ1) is 14.3. The number of rotatable bonds is 5. The first-order valence-electron chi connectivity index (χ1n) is 7.22. The van der Waals surface area contributed by atoms with Gasteiger partial charge in [0.05, 0.1) is 26.9 Å². The molecular weight excluding hydrogens is 274 g/mol. The normalized spacial score (nSPS) is 25.4. The van der Waals surface area contributed by atoms with Gasteiger partial charge in [-0.1, -0.05) is 0 Å². The third-order valence-electron chi connectivity index (χ3n) is 3.91. The van der Waals surface area contributed by atoms with Crippen LogP contribution < -0.4 is 14.8 Å². The predicted molar refractivity (Wildman–Crippen MR) is 75.8 cm³/mol. The summed E-state index contributed by atoms with van der Waals surface area (Å²) in [6, 6.07) is 1.07. The second-order valence-electron chi connectivity index (χ2n) is 5.26. The van der Waals surface area contributed by atoms with Crippen molar-refractivity contribution in [2.45, 2.75) is 25.0 Å². The monoisotopic (exact) mass is 295 g/mol. The van der Waals surface area contributed by atoms with Gasteiger partial charge in [0.1, 0.15) is 0 Å². The molecule has 116 valence electrons. The van der Waals surface area contributed by atoms with Gasteiger partial charge in [-0.25, -0.2) is 0 Å². The van der Waals surface area contributed by atoms with Crippen molar-refractivity contribution in [2.24, 2.45) is 0 Å². The second-order valence-corrected chi connectivity index (χ2v) is 5.26. The van der Waals surface area contributed by atoms with Crippen molar-refractivity contribution >= 4 is 5.95 Å². The number of fused-ring (bicyclic) bond motifs is 1. The van der Waals surface area contributed by atoms with Crippen LogP contribution in [0.2, 0.25) is 0 Å². The summed E-state index contributed by atoms with van der Waals surface area (Å²) in [4.78, 5) is 14.8. The number of nitrogens with one attached hydrogen (secondary N) is 1. The first-order valence-corrected chi connectivity index (χ1v) is 7.22. The molecule has 2 atom stereocenters. The molecule has 0 spiro atoms. The van der Waals surface area contributed by atoms with Crippen molar-refractivity contribution in [3.8, 4) is 12.0 Å². The first-order chi connectivity index (χ1) is 10.3. The van der Waals surface area contributed by atoms with E-state index < -0.39 is 0 Å². The minimum atomic E-state index is 0.146. The summed E-state index contributed by atoms with van der Waals surface area (Å²) in [7, 11) is 3.02. The maximum absolute atomic E-state index is 5.89. The van der Waals surface area contributed by atoms with Crippen LogP contribution in [0, 0.1) is 0 Å². The Morgan fingerprint density at radius 1 is 1.24 bits per heavy atom. The van der Waals surface area contributed by atoms with Crippen LogP contribution in [0.25, 0.3) is 0 Å². The Hall–Kier alpha value is -1.67. The average molecular weight is 295 g/mol. The Balaban J connectivity index is 1.57. The van der Waals surface area contributed by atoms with Crippen LogP contribution in [0.1, 0.15) is 12.8 Å². The summed E-state index contributed by atoms with van der Waals surface area (Å²) in [5, 5.41) is 3.17. The minimum Gasteiger partial charge on any atom is -0.467 e. The number of methoxy groups -OCH3 is 2. The third-order valence-corrected chi connectivity index (χ3v) is 3.91. The van der Waals surface area contributed by atoms with E-state index in [-0.39, 0.29) is 18.1 Å². The highest BCUT2D eigenvalue weighted by Crippen LogP contribution is 2.22. The lowest BCUT2D eigenvalue weighted by atomic mass is 10.2. The molecule has 2 aliphatic rings. The molecule has 2 aliphatic heterocycles. The van der Waals surface area contributed by atoms with Gasteiger partial charge in [-0.05, 0) is 19.4 Å². The molecule has 8 nitrogen and oxygen atoms in total. The van der Waals surface area contributed by atoms with E-state index in [9.17, 15) is 0 Å². The number of anilines is 1. The molecule has 0 amide bonds. The Morgan fingerprint density at radius 3 is 2.71 bits per heavy atom. The van der Waals surface area contributed by atoms with Crippen LogP contribution in [0.15, 0.2) is 0 Å². The van der Waals surface area contributed by atoms with Gasteiger partial charge in [-0.3, -0.25) is 4.90 Å². The van der Waals surface area contributed by atoms with Crippen molar-refractivity contribution in [2.75, 3.05) is 45.8 Å². The Bertz CT molecular complexity index is 465. The zero-order chi connectivity index (χ0) is 14.7. The predicted octanol–water partition coefficient (Wildman–Crippen LogP) is 0.164. The fourth-order valence-electron chi connectivity index (χ4n) is 2.81. The highest BCUT2D eigenvalue weighted by molar-refractivity contribution is 5.27. The molecule has 2 fully saturated rings. The number of morpholine rings is 1. The average Bonchev–Trinajstić information content (AvgIpc) is 3.00. The highest BCUT2D eigenvalue weighted by Gasteiger charge is 2.32. The van der Waals surface area contributed by atoms with E-state index in [1.165, 1.54) is 33.6 Å². The molecule has 2 saturated heterocycles. The zero-order valence-corrected chi connectivity index (χ0v) is 12.4. The summed E-state index contributed by atoms with van der Waals surface area (Å²) in [6.07, 6.45) is 2.67.